The number of amidine groups is 1. The Morgan fingerprint density at radius 3 is 2.45 bits per heavy atom. The number of nitrogen functional groups attached to an aromatic ring is 1. The molecule has 2 aromatic rings. The van der Waals surface area contributed by atoms with Gasteiger partial charge in [-0.15, -0.1) is 0 Å². The molecule has 3 N–H and O–H groups in total. The molecule has 0 heterocycles. The second-order valence-electron chi connectivity index (χ2n) is 4.34. The van der Waals surface area contributed by atoms with Gasteiger partial charge in [-0.25, -0.2) is 4.39 Å². The van der Waals surface area contributed by atoms with E-state index < -0.39 is 5.82 Å². The van der Waals surface area contributed by atoms with Crippen molar-refractivity contribution in [1.82, 2.24) is 0 Å². The molecule has 0 fully saturated rings. The first-order valence-corrected chi connectivity index (χ1v) is 6.80. The van der Waals surface area contributed by atoms with E-state index in [1.54, 1.807) is 12.1 Å². The van der Waals surface area contributed by atoms with Gasteiger partial charge in [0, 0.05) is 15.6 Å². The SMILES string of the molecule is N=C(N)c1ccc(COCc2ccc(Br)cc2)c(F)c1. The van der Waals surface area contributed by atoms with Crippen LogP contribution in [0.4, 0.5) is 4.39 Å². The van der Waals surface area contributed by atoms with Gasteiger partial charge in [0.15, 0.2) is 0 Å². The standard InChI is InChI=1S/C15H14BrFN2O/c16-13-5-1-10(2-6-13)8-20-9-12-4-3-11(15(18)19)7-14(12)17/h1-7H,8-9H2,(H3,18,19). The summed E-state index contributed by atoms with van der Waals surface area (Å²) in [4.78, 5) is 0. The molecule has 0 saturated carbocycles. The fourth-order valence-electron chi connectivity index (χ4n) is 1.69. The van der Waals surface area contributed by atoms with Crippen LogP contribution in [0.5, 0.6) is 0 Å². The molecule has 0 unspecified atom stereocenters. The average Bonchev–Trinajstić information content (AvgIpc) is 2.42. The van der Waals surface area contributed by atoms with E-state index in [0.717, 1.165) is 10.0 Å². The van der Waals surface area contributed by atoms with E-state index in [1.807, 2.05) is 24.3 Å². The lowest BCUT2D eigenvalue weighted by Gasteiger charge is -2.07. The molecule has 3 nitrogen and oxygen atoms in total. The third kappa shape index (κ3) is 3.88. The van der Waals surface area contributed by atoms with Crippen LogP contribution in [-0.2, 0) is 18.0 Å². The van der Waals surface area contributed by atoms with Gasteiger partial charge in [0.1, 0.15) is 11.7 Å². The molecule has 0 bridgehead atoms. The number of nitrogens with two attached hydrogens (primary N) is 1. The molecule has 0 saturated heterocycles. The lowest BCUT2D eigenvalue weighted by Crippen LogP contribution is -2.11. The number of halogens is 2. The van der Waals surface area contributed by atoms with Crippen molar-refractivity contribution in [2.24, 2.45) is 5.73 Å². The summed E-state index contributed by atoms with van der Waals surface area (Å²) < 4.78 is 20.2. The summed E-state index contributed by atoms with van der Waals surface area (Å²) in [5.41, 5.74) is 7.15. The fourth-order valence-corrected chi connectivity index (χ4v) is 1.96. The summed E-state index contributed by atoms with van der Waals surface area (Å²) in [5, 5.41) is 7.25. The van der Waals surface area contributed by atoms with Crippen molar-refractivity contribution < 1.29 is 9.13 Å². The topological polar surface area (TPSA) is 59.1 Å². The third-order valence-electron chi connectivity index (χ3n) is 2.80. The molecule has 0 aliphatic heterocycles. The normalized spacial score (nSPS) is 10.5. The van der Waals surface area contributed by atoms with Gasteiger partial charge in [0.2, 0.25) is 0 Å². The number of hydrogen-bond donors (Lipinski definition) is 2. The molecular formula is C15H14BrFN2O. The third-order valence-corrected chi connectivity index (χ3v) is 3.33. The first-order valence-electron chi connectivity index (χ1n) is 6.01. The summed E-state index contributed by atoms with van der Waals surface area (Å²) in [6.07, 6.45) is 0. The zero-order chi connectivity index (χ0) is 14.5. The van der Waals surface area contributed by atoms with Crippen molar-refractivity contribution in [3.63, 3.8) is 0 Å². The predicted octanol–water partition coefficient (Wildman–Crippen LogP) is 3.59. The van der Waals surface area contributed by atoms with E-state index in [0.29, 0.717) is 17.7 Å². The molecule has 0 spiro atoms. The van der Waals surface area contributed by atoms with E-state index in [9.17, 15) is 4.39 Å². The predicted molar refractivity (Wildman–Crippen MR) is 80.1 cm³/mol. The molecule has 2 rings (SSSR count). The van der Waals surface area contributed by atoms with Crippen LogP contribution in [0, 0.1) is 11.2 Å². The van der Waals surface area contributed by atoms with Crippen LogP contribution in [0.15, 0.2) is 46.9 Å². The van der Waals surface area contributed by atoms with Gasteiger partial charge in [0.25, 0.3) is 0 Å². The summed E-state index contributed by atoms with van der Waals surface area (Å²) in [7, 11) is 0. The molecule has 0 aromatic heterocycles. The van der Waals surface area contributed by atoms with Gasteiger partial charge in [-0.2, -0.15) is 0 Å². The van der Waals surface area contributed by atoms with E-state index in [1.165, 1.54) is 6.07 Å². The summed E-state index contributed by atoms with van der Waals surface area (Å²) in [5.74, 6) is -0.556. The number of ether oxygens (including phenoxy) is 1. The smallest absolute Gasteiger partial charge is 0.129 e. The number of benzene rings is 2. The lowest BCUT2D eigenvalue weighted by molar-refractivity contribution is 0.105. The average molecular weight is 337 g/mol. The Hall–Kier alpha value is -1.72. The first kappa shape index (κ1) is 14.7. The zero-order valence-corrected chi connectivity index (χ0v) is 12.3. The van der Waals surface area contributed by atoms with Gasteiger partial charge in [-0.1, -0.05) is 40.2 Å². The van der Waals surface area contributed by atoms with Crippen molar-refractivity contribution in [1.29, 1.82) is 5.41 Å². The Bertz CT molecular complexity index is 614. The molecule has 2 aromatic carbocycles. The van der Waals surface area contributed by atoms with Crippen LogP contribution >= 0.6 is 15.9 Å². The van der Waals surface area contributed by atoms with Gasteiger partial charge < -0.3 is 10.5 Å². The van der Waals surface area contributed by atoms with Crippen LogP contribution in [-0.4, -0.2) is 5.84 Å². The van der Waals surface area contributed by atoms with Crippen molar-refractivity contribution >= 4 is 21.8 Å². The van der Waals surface area contributed by atoms with Crippen LogP contribution in [0.2, 0.25) is 0 Å². The zero-order valence-electron chi connectivity index (χ0n) is 10.7. The highest BCUT2D eigenvalue weighted by molar-refractivity contribution is 9.10. The van der Waals surface area contributed by atoms with Crippen molar-refractivity contribution in [2.45, 2.75) is 13.2 Å². The van der Waals surface area contributed by atoms with Crippen LogP contribution < -0.4 is 5.73 Å². The van der Waals surface area contributed by atoms with Crippen molar-refractivity contribution in [2.75, 3.05) is 0 Å². The monoisotopic (exact) mass is 336 g/mol. The molecule has 0 aliphatic rings. The Morgan fingerprint density at radius 2 is 1.85 bits per heavy atom. The van der Waals surface area contributed by atoms with Gasteiger partial charge >= 0.3 is 0 Å². The number of hydrogen-bond acceptors (Lipinski definition) is 2. The molecule has 0 aliphatic carbocycles. The summed E-state index contributed by atoms with van der Waals surface area (Å²) in [6, 6.07) is 12.2. The Kier molecular flexibility index (Phi) is 4.87. The highest BCUT2D eigenvalue weighted by Gasteiger charge is 2.05. The van der Waals surface area contributed by atoms with Crippen LogP contribution in [0.1, 0.15) is 16.7 Å². The van der Waals surface area contributed by atoms with E-state index in [4.69, 9.17) is 15.9 Å². The van der Waals surface area contributed by atoms with Crippen molar-refractivity contribution in [3.8, 4) is 0 Å². The molecule has 0 atom stereocenters. The fraction of sp³-hybridized carbons (Fsp3) is 0.133. The molecule has 104 valence electrons. The Labute approximate surface area is 125 Å². The lowest BCUT2D eigenvalue weighted by atomic mass is 10.1. The molecular weight excluding hydrogens is 323 g/mol. The Balaban J connectivity index is 1.94. The number of rotatable bonds is 5. The molecule has 0 radical (unpaired) electrons. The van der Waals surface area contributed by atoms with Gasteiger partial charge in [0.05, 0.1) is 13.2 Å². The number of nitrogens with one attached hydrogen (secondary N) is 1. The van der Waals surface area contributed by atoms with Gasteiger partial charge in [-0.3, -0.25) is 5.41 Å². The second kappa shape index (κ2) is 6.63. The summed E-state index contributed by atoms with van der Waals surface area (Å²) in [6.45, 7) is 0.598. The minimum atomic E-state index is -0.409. The highest BCUT2D eigenvalue weighted by Crippen LogP contribution is 2.14. The van der Waals surface area contributed by atoms with Crippen LogP contribution in [0.3, 0.4) is 0 Å². The maximum absolute atomic E-state index is 13.8. The van der Waals surface area contributed by atoms with Crippen molar-refractivity contribution in [3.05, 3.63) is 69.4 Å². The quantitative estimate of drug-likeness (QED) is 0.647. The summed E-state index contributed by atoms with van der Waals surface area (Å²) >= 11 is 3.36. The molecule has 5 heteroatoms. The van der Waals surface area contributed by atoms with Crippen LogP contribution in [0.25, 0.3) is 0 Å². The second-order valence-corrected chi connectivity index (χ2v) is 5.25. The van der Waals surface area contributed by atoms with Gasteiger partial charge in [-0.05, 0) is 23.8 Å². The van der Waals surface area contributed by atoms with E-state index in [-0.39, 0.29) is 12.4 Å². The Morgan fingerprint density at radius 1 is 1.15 bits per heavy atom. The molecule has 0 amide bonds. The maximum atomic E-state index is 13.8. The van der Waals surface area contributed by atoms with E-state index >= 15 is 0 Å². The highest BCUT2D eigenvalue weighted by atomic mass is 79.9. The minimum Gasteiger partial charge on any atom is -0.384 e. The maximum Gasteiger partial charge on any atom is 0.129 e. The molecule has 20 heavy (non-hydrogen) atoms. The minimum absolute atomic E-state index is 0.147. The largest absolute Gasteiger partial charge is 0.384 e. The first-order chi connectivity index (χ1) is 9.56. The van der Waals surface area contributed by atoms with E-state index in [2.05, 4.69) is 15.9 Å².